The first-order valence-electron chi connectivity index (χ1n) is 5.86. The van der Waals surface area contributed by atoms with E-state index >= 15 is 0 Å². The van der Waals surface area contributed by atoms with Crippen molar-refractivity contribution < 1.29 is 0 Å². The average molecular weight is 234 g/mol. The highest BCUT2D eigenvalue weighted by atomic mass is 16.1. The SMILES string of the molecule is O=c1[nH]c2c3ccccc3c3ccccc3c2[nH]1. The highest BCUT2D eigenvalue weighted by Gasteiger charge is 2.09. The van der Waals surface area contributed by atoms with E-state index < -0.39 is 0 Å². The lowest BCUT2D eigenvalue weighted by atomic mass is 10.0. The molecule has 2 N–H and O–H groups in total. The lowest BCUT2D eigenvalue weighted by Crippen LogP contribution is -1.99. The second kappa shape index (κ2) is 3.23. The lowest BCUT2D eigenvalue weighted by Gasteiger charge is -2.05. The molecule has 0 fully saturated rings. The van der Waals surface area contributed by atoms with Gasteiger partial charge < -0.3 is 9.97 Å². The third kappa shape index (κ3) is 1.10. The van der Waals surface area contributed by atoms with Gasteiger partial charge in [0, 0.05) is 10.8 Å². The van der Waals surface area contributed by atoms with Gasteiger partial charge in [-0.15, -0.1) is 0 Å². The summed E-state index contributed by atoms with van der Waals surface area (Å²) in [6.45, 7) is 0. The molecular formula is C15H10N2O. The van der Waals surface area contributed by atoms with Crippen molar-refractivity contribution in [3.8, 4) is 0 Å². The summed E-state index contributed by atoms with van der Waals surface area (Å²) < 4.78 is 0. The van der Waals surface area contributed by atoms with Crippen LogP contribution in [0.25, 0.3) is 32.6 Å². The molecule has 1 heterocycles. The number of aromatic nitrogens is 2. The number of benzene rings is 3. The van der Waals surface area contributed by atoms with Gasteiger partial charge in [-0.2, -0.15) is 0 Å². The highest BCUT2D eigenvalue weighted by Crippen LogP contribution is 2.31. The highest BCUT2D eigenvalue weighted by molar-refractivity contribution is 6.22. The predicted octanol–water partition coefficient (Wildman–Crippen LogP) is 3.16. The monoisotopic (exact) mass is 234 g/mol. The molecule has 0 bridgehead atoms. The molecule has 3 nitrogen and oxygen atoms in total. The number of hydrogen-bond donors (Lipinski definition) is 2. The van der Waals surface area contributed by atoms with E-state index in [1.807, 2.05) is 36.4 Å². The zero-order valence-corrected chi connectivity index (χ0v) is 9.53. The van der Waals surface area contributed by atoms with Crippen molar-refractivity contribution in [2.24, 2.45) is 0 Å². The van der Waals surface area contributed by atoms with Gasteiger partial charge in [0.2, 0.25) is 0 Å². The quantitative estimate of drug-likeness (QED) is 0.451. The number of hydrogen-bond acceptors (Lipinski definition) is 1. The molecule has 0 unspecified atom stereocenters. The number of fused-ring (bicyclic) bond motifs is 6. The first-order valence-corrected chi connectivity index (χ1v) is 5.86. The van der Waals surface area contributed by atoms with Crippen molar-refractivity contribution in [1.82, 2.24) is 9.97 Å². The zero-order valence-electron chi connectivity index (χ0n) is 9.53. The zero-order chi connectivity index (χ0) is 12.1. The molecule has 18 heavy (non-hydrogen) atoms. The molecule has 0 aliphatic carbocycles. The van der Waals surface area contributed by atoms with Crippen LogP contribution in [0.15, 0.2) is 53.3 Å². The van der Waals surface area contributed by atoms with Gasteiger partial charge in [-0.05, 0) is 10.8 Å². The van der Waals surface area contributed by atoms with Crippen molar-refractivity contribution in [2.45, 2.75) is 0 Å². The minimum atomic E-state index is -0.161. The molecule has 0 aliphatic rings. The van der Waals surface area contributed by atoms with E-state index in [4.69, 9.17) is 0 Å². The maximum atomic E-state index is 11.6. The van der Waals surface area contributed by atoms with Crippen LogP contribution in [0.1, 0.15) is 0 Å². The molecule has 1 aromatic heterocycles. The molecular weight excluding hydrogens is 224 g/mol. The summed E-state index contributed by atoms with van der Waals surface area (Å²) in [6.07, 6.45) is 0. The van der Waals surface area contributed by atoms with Crippen LogP contribution in [0.3, 0.4) is 0 Å². The first kappa shape index (κ1) is 9.48. The van der Waals surface area contributed by atoms with E-state index in [-0.39, 0.29) is 5.69 Å². The number of imidazole rings is 1. The Hall–Kier alpha value is -2.55. The van der Waals surface area contributed by atoms with Crippen LogP contribution < -0.4 is 5.69 Å². The minimum absolute atomic E-state index is 0.161. The molecule has 4 aromatic rings. The van der Waals surface area contributed by atoms with Gasteiger partial charge in [-0.25, -0.2) is 4.79 Å². The van der Waals surface area contributed by atoms with Gasteiger partial charge in [0.15, 0.2) is 0 Å². The van der Waals surface area contributed by atoms with E-state index in [9.17, 15) is 4.79 Å². The Morgan fingerprint density at radius 1 is 0.611 bits per heavy atom. The molecule has 0 aliphatic heterocycles. The fourth-order valence-electron chi connectivity index (χ4n) is 2.66. The fourth-order valence-corrected chi connectivity index (χ4v) is 2.66. The Bertz CT molecular complexity index is 871. The summed E-state index contributed by atoms with van der Waals surface area (Å²) in [6, 6.07) is 16.3. The van der Waals surface area contributed by atoms with Crippen LogP contribution in [0.2, 0.25) is 0 Å². The third-order valence-electron chi connectivity index (χ3n) is 3.41. The molecule has 3 aromatic carbocycles. The molecule has 4 rings (SSSR count). The Balaban J connectivity index is 2.50. The van der Waals surface area contributed by atoms with Gasteiger partial charge in [-0.3, -0.25) is 0 Å². The van der Waals surface area contributed by atoms with E-state index in [1.165, 1.54) is 0 Å². The molecule has 86 valence electrons. The van der Waals surface area contributed by atoms with Gasteiger partial charge in [0.1, 0.15) is 0 Å². The van der Waals surface area contributed by atoms with Crippen LogP contribution in [0.5, 0.6) is 0 Å². The molecule has 0 atom stereocenters. The first-order chi connectivity index (χ1) is 8.84. The summed E-state index contributed by atoms with van der Waals surface area (Å²) in [5.41, 5.74) is 1.61. The Morgan fingerprint density at radius 3 is 1.44 bits per heavy atom. The van der Waals surface area contributed by atoms with Gasteiger partial charge in [0.05, 0.1) is 11.0 Å². The van der Waals surface area contributed by atoms with Crippen LogP contribution >= 0.6 is 0 Å². The predicted molar refractivity (Wildman–Crippen MR) is 73.9 cm³/mol. The number of nitrogens with one attached hydrogen (secondary N) is 2. The van der Waals surface area contributed by atoms with Crippen LogP contribution in [-0.2, 0) is 0 Å². The summed E-state index contributed by atoms with van der Waals surface area (Å²) >= 11 is 0. The van der Waals surface area contributed by atoms with Gasteiger partial charge in [-0.1, -0.05) is 48.5 Å². The molecule has 0 saturated carbocycles. The Kier molecular flexibility index (Phi) is 1.70. The van der Waals surface area contributed by atoms with Gasteiger partial charge >= 0.3 is 5.69 Å². The van der Waals surface area contributed by atoms with Crippen LogP contribution in [0.4, 0.5) is 0 Å². The van der Waals surface area contributed by atoms with Crippen molar-refractivity contribution in [3.63, 3.8) is 0 Å². The largest absolute Gasteiger partial charge is 0.323 e. The average Bonchev–Trinajstić information content (AvgIpc) is 2.81. The maximum absolute atomic E-state index is 11.6. The molecule has 0 amide bonds. The summed E-state index contributed by atoms with van der Waals surface area (Å²) in [7, 11) is 0. The summed E-state index contributed by atoms with van der Waals surface area (Å²) in [4.78, 5) is 17.3. The summed E-state index contributed by atoms with van der Waals surface area (Å²) in [5.74, 6) is 0. The van der Waals surface area contributed by atoms with Crippen molar-refractivity contribution >= 4 is 32.6 Å². The van der Waals surface area contributed by atoms with Crippen molar-refractivity contribution in [3.05, 3.63) is 59.0 Å². The summed E-state index contributed by atoms with van der Waals surface area (Å²) in [5, 5.41) is 4.47. The molecule has 0 radical (unpaired) electrons. The standard InChI is InChI=1S/C15H10N2O/c18-15-16-13-11-7-3-1-5-9(11)10-6-2-4-8-12(10)14(13)17-15/h1-8H,(H2,16,17,18). The van der Waals surface area contributed by atoms with Crippen LogP contribution in [-0.4, -0.2) is 9.97 Å². The molecule has 0 spiro atoms. The van der Waals surface area contributed by atoms with E-state index in [0.29, 0.717) is 0 Å². The Morgan fingerprint density at radius 2 is 1.00 bits per heavy atom. The number of aromatic amines is 2. The third-order valence-corrected chi connectivity index (χ3v) is 3.41. The lowest BCUT2D eigenvalue weighted by molar-refractivity contribution is 1.22. The maximum Gasteiger partial charge on any atom is 0.323 e. The normalized spacial score (nSPS) is 11.6. The topological polar surface area (TPSA) is 48.6 Å². The van der Waals surface area contributed by atoms with Crippen molar-refractivity contribution in [1.29, 1.82) is 0 Å². The fraction of sp³-hybridized carbons (Fsp3) is 0. The van der Waals surface area contributed by atoms with Crippen LogP contribution in [0, 0.1) is 0 Å². The number of H-pyrrole nitrogens is 2. The Labute approximate surface area is 102 Å². The van der Waals surface area contributed by atoms with E-state index in [1.54, 1.807) is 0 Å². The number of rotatable bonds is 0. The second-order valence-corrected chi connectivity index (χ2v) is 4.42. The van der Waals surface area contributed by atoms with Crippen molar-refractivity contribution in [2.75, 3.05) is 0 Å². The van der Waals surface area contributed by atoms with E-state index in [2.05, 4.69) is 22.1 Å². The minimum Gasteiger partial charge on any atom is -0.305 e. The second-order valence-electron chi connectivity index (χ2n) is 4.42. The van der Waals surface area contributed by atoms with Gasteiger partial charge in [0.25, 0.3) is 0 Å². The molecule has 0 saturated heterocycles. The smallest absolute Gasteiger partial charge is 0.305 e. The van der Waals surface area contributed by atoms with E-state index in [0.717, 1.165) is 32.6 Å². The molecule has 3 heteroatoms.